The molecule has 22 saturated carbocycles. The first-order valence-corrected chi connectivity index (χ1v) is 52.4. The van der Waals surface area contributed by atoms with Gasteiger partial charge in [-0.3, -0.25) is 38.4 Å². The number of esters is 10. The zero-order valence-corrected chi connectivity index (χ0v) is 85.3. The van der Waals surface area contributed by atoms with Gasteiger partial charge in [-0.15, -0.1) is 0 Å². The molecule has 0 radical (unpaired) electrons. The summed E-state index contributed by atoms with van der Waals surface area (Å²) in [5, 5.41) is 21.3. The Bertz CT molecular complexity index is 3890. The van der Waals surface area contributed by atoms with Gasteiger partial charge >= 0.3 is 59.7 Å². The fourth-order valence-electron chi connectivity index (χ4n) is 28.5. The van der Waals surface area contributed by atoms with Gasteiger partial charge in [-0.2, -0.15) is 0 Å². The summed E-state index contributed by atoms with van der Waals surface area (Å²) in [6, 6.07) is 0. The standard InChI is InChI=1S/C19H30O4.2C17H28O2.2C16H26O3.C14H20O4.C10H16O4/c1-5-18(2,3)17(21)22-11-16(20)23-19(4)14-7-12-6-13(9-14)10-15(19)8-12;2*1-5-16(2,3)15(18)19-17(4)13-7-11-6-12(9-13)10-14(17)8-11;2*1-4-14(2,3)13(17)19-16-8-11-5-12(9-16)7-15(18,6-11)10-16;1-4-14(2,3)13(16)18-10-7-5-8-9(6-7)12(15)17-11(8)10;1-4-10(2,3)9(12)14-7-5-6-13-8(7)11/h12-15H,5-11H2,1-4H3;2*11-14H,5-10H2,1-4H3;2*11-12,18H,4-10H2,1-3H3;7-11H,4-6H2,1-3H3;7H,4-6H2,1-3H3. The Morgan fingerprint density at radius 3 is 0.939 bits per heavy atom. The minimum Gasteiger partial charge on any atom is -0.463 e. The third-order valence-electron chi connectivity index (χ3n) is 39.0. The van der Waals surface area contributed by atoms with Crippen molar-refractivity contribution >= 4 is 59.7 Å². The van der Waals surface area contributed by atoms with E-state index in [-0.39, 0.29) is 117 Å². The maximum atomic E-state index is 12.5. The Balaban J connectivity index is 0.000000131. The van der Waals surface area contributed by atoms with Crippen LogP contribution >= 0.6 is 0 Å². The third-order valence-corrected chi connectivity index (χ3v) is 39.0. The molecule has 24 aliphatic rings. The van der Waals surface area contributed by atoms with Crippen molar-refractivity contribution in [3.8, 4) is 0 Å². The van der Waals surface area contributed by atoms with Gasteiger partial charge in [0.15, 0.2) is 6.61 Å². The molecule has 0 aromatic carbocycles. The highest BCUT2D eigenvalue weighted by Gasteiger charge is 2.67. The van der Waals surface area contributed by atoms with Crippen molar-refractivity contribution < 1.29 is 106 Å². The Labute approximate surface area is 785 Å². The van der Waals surface area contributed by atoms with Crippen LogP contribution in [0.5, 0.6) is 0 Å². The van der Waals surface area contributed by atoms with Crippen LogP contribution in [0.3, 0.4) is 0 Å². The number of fused-ring (bicyclic) bond motifs is 1. The van der Waals surface area contributed by atoms with Gasteiger partial charge in [0.1, 0.15) is 40.2 Å². The van der Waals surface area contributed by atoms with Crippen LogP contribution in [0.25, 0.3) is 0 Å². The first kappa shape index (κ1) is 103. The third kappa shape index (κ3) is 21.7. The van der Waals surface area contributed by atoms with Crippen molar-refractivity contribution in [2.45, 2.75) is 461 Å². The molecule has 0 spiro atoms. The Morgan fingerprint density at radius 2 is 0.634 bits per heavy atom. The predicted octanol–water partition coefficient (Wildman–Crippen LogP) is 21.4. The lowest BCUT2D eigenvalue weighted by molar-refractivity contribution is -0.226. The van der Waals surface area contributed by atoms with Crippen LogP contribution < -0.4 is 0 Å². The van der Waals surface area contributed by atoms with Crippen molar-refractivity contribution in [3.63, 3.8) is 0 Å². The molecule has 0 aromatic rings. The summed E-state index contributed by atoms with van der Waals surface area (Å²) in [4.78, 5) is 120. The number of rotatable bonds is 23. The summed E-state index contributed by atoms with van der Waals surface area (Å²) in [6.07, 6.45) is 37.4. The minimum absolute atomic E-state index is 0.0185. The molecule has 2 heterocycles. The fraction of sp³-hybridized carbons (Fsp3) is 0.908. The number of cyclic esters (lactones) is 1. The van der Waals surface area contributed by atoms with Crippen LogP contribution in [0.15, 0.2) is 0 Å². The smallest absolute Gasteiger partial charge is 0.347 e. The first-order chi connectivity index (χ1) is 60.9. The molecule has 742 valence electrons. The Hall–Kier alpha value is -5.38. The molecule has 10 atom stereocenters. The second-order valence-electron chi connectivity index (χ2n) is 51.6. The van der Waals surface area contributed by atoms with Gasteiger partial charge in [-0.1, -0.05) is 48.5 Å². The van der Waals surface area contributed by atoms with E-state index in [0.717, 1.165) is 132 Å². The second-order valence-corrected chi connectivity index (χ2v) is 51.6. The summed E-state index contributed by atoms with van der Waals surface area (Å²) < 4.78 is 56.1. The maximum absolute atomic E-state index is 12.5. The lowest BCUT2D eigenvalue weighted by atomic mass is 9.50. The Kier molecular flexibility index (Phi) is 29.9. The zero-order chi connectivity index (χ0) is 96.1. The minimum atomic E-state index is -0.687. The molecule has 2 N–H and O–H groups in total. The van der Waals surface area contributed by atoms with E-state index in [1.165, 1.54) is 109 Å². The molecule has 22 heteroatoms. The molecule has 24 fully saturated rings. The van der Waals surface area contributed by atoms with Crippen LogP contribution in [0.4, 0.5) is 0 Å². The average molecular weight is 1840 g/mol. The molecular formula is C109H174O22. The van der Waals surface area contributed by atoms with Crippen molar-refractivity contribution in [2.75, 3.05) is 13.2 Å². The monoisotopic (exact) mass is 1840 g/mol. The highest BCUT2D eigenvalue weighted by molar-refractivity contribution is 5.84. The quantitative estimate of drug-likeness (QED) is 0.0709. The van der Waals surface area contributed by atoms with Crippen LogP contribution in [0.1, 0.15) is 404 Å². The van der Waals surface area contributed by atoms with E-state index in [9.17, 15) is 58.2 Å². The molecule has 0 aromatic heterocycles. The summed E-state index contributed by atoms with van der Waals surface area (Å²) in [5.41, 5.74) is -5.54. The van der Waals surface area contributed by atoms with E-state index in [1.807, 2.05) is 118 Å². The van der Waals surface area contributed by atoms with E-state index in [0.29, 0.717) is 110 Å². The number of hydrogen-bond donors (Lipinski definition) is 2. The van der Waals surface area contributed by atoms with Gasteiger partial charge in [0.05, 0.1) is 61.6 Å². The van der Waals surface area contributed by atoms with Crippen LogP contribution in [0, 0.1) is 150 Å². The van der Waals surface area contributed by atoms with Crippen molar-refractivity contribution in [3.05, 3.63) is 0 Å². The molecule has 0 amide bonds. The summed E-state index contributed by atoms with van der Waals surface area (Å²) >= 11 is 0. The van der Waals surface area contributed by atoms with Crippen LogP contribution in [0.2, 0.25) is 0 Å². The molecule has 22 bridgehead atoms. The second kappa shape index (κ2) is 38.1. The molecule has 2 aliphatic heterocycles. The lowest BCUT2D eigenvalue weighted by Crippen LogP contribution is -2.61. The normalized spacial score (nSPS) is 40.5. The number of carbonyl (C=O) groups excluding carboxylic acids is 10. The van der Waals surface area contributed by atoms with E-state index in [4.69, 9.17) is 47.4 Å². The van der Waals surface area contributed by atoms with Crippen molar-refractivity contribution in [2.24, 2.45) is 150 Å². The van der Waals surface area contributed by atoms with E-state index >= 15 is 0 Å². The molecule has 22 aliphatic carbocycles. The van der Waals surface area contributed by atoms with Gasteiger partial charge in [-0.25, -0.2) is 9.59 Å². The number of aliphatic hydroxyl groups is 2. The molecule has 24 rings (SSSR count). The van der Waals surface area contributed by atoms with Gasteiger partial charge in [-0.05, 0) is 431 Å². The van der Waals surface area contributed by atoms with Crippen LogP contribution in [-0.2, 0) is 95.3 Å². The van der Waals surface area contributed by atoms with Gasteiger partial charge < -0.3 is 57.6 Å². The van der Waals surface area contributed by atoms with Crippen molar-refractivity contribution in [1.29, 1.82) is 0 Å². The summed E-state index contributed by atoms with van der Waals surface area (Å²) in [6.45, 7) is 47.6. The van der Waals surface area contributed by atoms with Gasteiger partial charge in [0.2, 0.25) is 6.10 Å². The topological polar surface area (TPSA) is 303 Å². The van der Waals surface area contributed by atoms with E-state index < -0.39 is 50.4 Å². The van der Waals surface area contributed by atoms with E-state index in [2.05, 4.69) is 34.6 Å². The van der Waals surface area contributed by atoms with E-state index in [1.54, 1.807) is 13.8 Å². The number of hydrogen-bond acceptors (Lipinski definition) is 22. The number of ether oxygens (including phenoxy) is 10. The van der Waals surface area contributed by atoms with Crippen LogP contribution in [-0.4, -0.2) is 141 Å². The SMILES string of the molecule is CCC(C)(C)C(=O)OC1(C)C2CC3CC(C2)CC1C3.CCC(C)(C)C(=O)OC1(C)C2CC3CC(C2)CC1C3.CCC(C)(C)C(=O)OC12CC3CC(CC(O)(C3)C1)C2.CCC(C)(C)C(=O)OC12CC3CC(CC(O)(C3)C1)C2.CCC(C)(C)C(=O)OC1C2CC3C(=O)OC1C3C2.CCC(C)(C)C(=O)OC1CCOC1=O.CCC(C)(C)C(=O)OCC(=O)OC1(C)C2CC3CC(C2)CC1C3. The van der Waals surface area contributed by atoms with Crippen molar-refractivity contribution in [1.82, 2.24) is 0 Å². The molecule has 131 heavy (non-hydrogen) atoms. The molecular weight excluding hydrogens is 1660 g/mol. The highest BCUT2D eigenvalue weighted by Crippen LogP contribution is 2.66. The summed E-state index contributed by atoms with van der Waals surface area (Å²) in [5.74, 6) is 9.95. The van der Waals surface area contributed by atoms with Gasteiger partial charge in [0, 0.05) is 31.1 Å². The predicted molar refractivity (Wildman–Crippen MR) is 496 cm³/mol. The summed E-state index contributed by atoms with van der Waals surface area (Å²) in [7, 11) is 0. The average Bonchev–Trinajstić information content (AvgIpc) is 1.66. The maximum Gasteiger partial charge on any atom is 0.347 e. The highest BCUT2D eigenvalue weighted by atomic mass is 16.6. The Morgan fingerprint density at radius 1 is 0.344 bits per heavy atom. The van der Waals surface area contributed by atoms with Gasteiger partial charge in [0.25, 0.3) is 0 Å². The first-order valence-electron chi connectivity index (χ1n) is 52.4. The fourth-order valence-corrected chi connectivity index (χ4v) is 28.5. The number of carbonyl (C=O) groups is 10. The lowest BCUT2D eigenvalue weighted by Gasteiger charge is -2.59. The largest absolute Gasteiger partial charge is 0.463 e. The molecule has 2 saturated heterocycles. The molecule has 10 unspecified atom stereocenters. The molecule has 22 nitrogen and oxygen atoms in total. The zero-order valence-electron chi connectivity index (χ0n) is 85.3.